The number of aromatic nitrogens is 2. The summed E-state index contributed by atoms with van der Waals surface area (Å²) in [6.07, 6.45) is 0. The average molecular weight is 630 g/mol. The molecule has 0 aliphatic heterocycles. The van der Waals surface area contributed by atoms with Gasteiger partial charge in [-0.3, -0.25) is 14.4 Å². The number of nitrogens with zero attached hydrogens (tertiary/aromatic N) is 2. The highest BCUT2D eigenvalue weighted by Crippen LogP contribution is 2.34. The molecule has 2 N–H and O–H groups in total. The number of pyridine rings is 1. The van der Waals surface area contributed by atoms with Gasteiger partial charge in [-0.05, 0) is 74.5 Å². The van der Waals surface area contributed by atoms with E-state index in [1.807, 2.05) is 37.3 Å². The lowest BCUT2D eigenvalue weighted by Gasteiger charge is -2.17. The molecule has 2 aromatic heterocycles. The molecule has 0 radical (unpaired) electrons. The molecule has 0 bridgehead atoms. The molecule has 0 fully saturated rings. The highest BCUT2D eigenvalue weighted by Gasteiger charge is 2.24. The zero-order valence-corrected chi connectivity index (χ0v) is 26.1. The maximum Gasteiger partial charge on any atom is 0.233 e. The molecule has 0 aliphatic carbocycles. The standard InChI is InChI=1S/C34H30Cl2N4O4/c1-19-8-9-22-6-5-7-30(32(22)37-19)44-18-25-26(35)14-15-27(31(25)36)39-34(43)20(2)28-16-17-29(40(28)4)33(42)23-10-12-24(13-11-23)38-21(3)41/h5-17,20H,18H2,1-4H3,(H,38,41)(H,39,43). The molecule has 2 heterocycles. The second-order valence-corrected chi connectivity index (χ2v) is 11.2. The molecule has 2 amide bonds. The molecule has 44 heavy (non-hydrogen) atoms. The van der Waals surface area contributed by atoms with Gasteiger partial charge in [0.15, 0.2) is 0 Å². The van der Waals surface area contributed by atoms with Gasteiger partial charge in [0.2, 0.25) is 17.6 Å². The lowest BCUT2D eigenvalue weighted by atomic mass is 10.1. The van der Waals surface area contributed by atoms with Crippen LogP contribution in [0.4, 0.5) is 11.4 Å². The number of ketones is 1. The van der Waals surface area contributed by atoms with E-state index in [1.165, 1.54) is 6.92 Å². The normalized spacial score (nSPS) is 11.7. The number of nitrogens with one attached hydrogen (secondary N) is 2. The third-order valence-corrected chi connectivity index (χ3v) is 8.12. The largest absolute Gasteiger partial charge is 0.487 e. The van der Waals surface area contributed by atoms with Crippen molar-refractivity contribution >= 4 is 63.1 Å². The highest BCUT2D eigenvalue weighted by molar-refractivity contribution is 6.38. The van der Waals surface area contributed by atoms with E-state index in [1.54, 1.807) is 67.1 Å². The number of carbonyl (C=O) groups excluding carboxylic acids is 3. The van der Waals surface area contributed by atoms with E-state index in [2.05, 4.69) is 15.6 Å². The monoisotopic (exact) mass is 628 g/mol. The predicted molar refractivity (Wildman–Crippen MR) is 174 cm³/mol. The number of amides is 2. The predicted octanol–water partition coefficient (Wildman–Crippen LogP) is 7.70. The first-order valence-electron chi connectivity index (χ1n) is 13.9. The number of hydrogen-bond acceptors (Lipinski definition) is 5. The lowest BCUT2D eigenvalue weighted by molar-refractivity contribution is -0.117. The van der Waals surface area contributed by atoms with Gasteiger partial charge in [0, 0.05) is 52.6 Å². The minimum atomic E-state index is -0.611. The Morgan fingerprint density at radius 2 is 1.68 bits per heavy atom. The molecule has 5 rings (SSSR count). The third-order valence-electron chi connectivity index (χ3n) is 7.34. The van der Waals surface area contributed by atoms with Crippen LogP contribution in [0.2, 0.25) is 10.0 Å². The summed E-state index contributed by atoms with van der Waals surface area (Å²) in [4.78, 5) is 42.5. The minimum absolute atomic E-state index is 0.0702. The smallest absolute Gasteiger partial charge is 0.233 e. The van der Waals surface area contributed by atoms with Gasteiger partial charge in [-0.15, -0.1) is 0 Å². The molecular formula is C34H30Cl2N4O4. The summed E-state index contributed by atoms with van der Waals surface area (Å²) in [6.45, 7) is 5.16. The van der Waals surface area contributed by atoms with Crippen LogP contribution < -0.4 is 15.4 Å². The van der Waals surface area contributed by atoms with Gasteiger partial charge in [-0.25, -0.2) is 4.98 Å². The summed E-state index contributed by atoms with van der Waals surface area (Å²) in [5, 5.41) is 7.21. The maximum absolute atomic E-state index is 13.4. The fourth-order valence-corrected chi connectivity index (χ4v) is 5.46. The van der Waals surface area contributed by atoms with Gasteiger partial charge in [-0.2, -0.15) is 0 Å². The Hall–Kier alpha value is -4.66. The van der Waals surface area contributed by atoms with Crippen LogP contribution >= 0.6 is 23.2 Å². The SMILES string of the molecule is CC(=O)Nc1ccc(C(=O)c2ccc(C(C)C(=O)Nc3ccc(Cl)c(COc4cccc5ccc(C)nc45)c3Cl)n2C)cc1. The zero-order valence-electron chi connectivity index (χ0n) is 24.6. The Kier molecular flexibility index (Phi) is 9.04. The van der Waals surface area contributed by atoms with E-state index in [-0.39, 0.29) is 29.2 Å². The van der Waals surface area contributed by atoms with Crippen LogP contribution in [0.1, 0.15) is 52.8 Å². The number of rotatable bonds is 9. The van der Waals surface area contributed by atoms with E-state index in [9.17, 15) is 14.4 Å². The van der Waals surface area contributed by atoms with Crippen LogP contribution in [0.25, 0.3) is 10.9 Å². The number of ether oxygens (including phenoxy) is 1. The fourth-order valence-electron chi connectivity index (χ4n) is 4.93. The fraction of sp³-hybridized carbons (Fsp3) is 0.176. The lowest BCUT2D eigenvalue weighted by Crippen LogP contribution is -2.22. The maximum atomic E-state index is 13.4. The van der Waals surface area contributed by atoms with E-state index in [0.717, 1.165) is 16.6 Å². The Balaban J connectivity index is 1.30. The molecule has 0 saturated carbocycles. The topological polar surface area (TPSA) is 102 Å². The van der Waals surface area contributed by atoms with Crippen molar-refractivity contribution < 1.29 is 19.1 Å². The first-order valence-corrected chi connectivity index (χ1v) is 14.6. The van der Waals surface area contributed by atoms with Crippen molar-refractivity contribution in [2.75, 3.05) is 10.6 Å². The number of aryl methyl sites for hydroxylation is 1. The van der Waals surface area contributed by atoms with Crippen LogP contribution in [0.3, 0.4) is 0 Å². The first kappa shape index (κ1) is 30.8. The van der Waals surface area contributed by atoms with Crippen LogP contribution in [0.5, 0.6) is 5.75 Å². The molecule has 10 heteroatoms. The van der Waals surface area contributed by atoms with Gasteiger partial charge in [-0.1, -0.05) is 41.4 Å². The molecule has 0 saturated heterocycles. The molecule has 3 aromatic carbocycles. The second-order valence-electron chi connectivity index (χ2n) is 10.5. The molecule has 0 aliphatic rings. The van der Waals surface area contributed by atoms with Crippen molar-refractivity contribution in [1.82, 2.24) is 9.55 Å². The second kappa shape index (κ2) is 12.9. The van der Waals surface area contributed by atoms with Gasteiger partial charge in [0.25, 0.3) is 0 Å². The number of halogens is 2. The minimum Gasteiger partial charge on any atom is -0.487 e. The molecule has 5 aromatic rings. The van der Waals surface area contributed by atoms with Gasteiger partial charge >= 0.3 is 0 Å². The summed E-state index contributed by atoms with van der Waals surface area (Å²) in [6, 6.07) is 23.0. The summed E-state index contributed by atoms with van der Waals surface area (Å²) in [7, 11) is 1.74. The van der Waals surface area contributed by atoms with E-state index < -0.39 is 5.92 Å². The van der Waals surface area contributed by atoms with Crippen molar-refractivity contribution in [3.8, 4) is 5.75 Å². The van der Waals surface area contributed by atoms with E-state index >= 15 is 0 Å². The van der Waals surface area contributed by atoms with Gasteiger partial charge < -0.3 is 19.9 Å². The quantitative estimate of drug-likeness (QED) is 0.163. The number of fused-ring (bicyclic) bond motifs is 1. The van der Waals surface area contributed by atoms with Gasteiger partial charge in [0.1, 0.15) is 17.9 Å². The van der Waals surface area contributed by atoms with Crippen molar-refractivity contribution in [3.63, 3.8) is 0 Å². The van der Waals surface area contributed by atoms with E-state index in [4.69, 9.17) is 27.9 Å². The Morgan fingerprint density at radius 3 is 2.41 bits per heavy atom. The van der Waals surface area contributed by atoms with E-state index in [0.29, 0.717) is 44.7 Å². The molecule has 8 nitrogen and oxygen atoms in total. The van der Waals surface area contributed by atoms with Crippen LogP contribution in [-0.2, 0) is 23.2 Å². The summed E-state index contributed by atoms with van der Waals surface area (Å²) in [5.74, 6) is -0.724. The van der Waals surface area contributed by atoms with Gasteiger partial charge in [0.05, 0.1) is 22.3 Å². The number of benzene rings is 3. The van der Waals surface area contributed by atoms with Crippen molar-refractivity contribution in [1.29, 1.82) is 0 Å². The van der Waals surface area contributed by atoms with Crippen LogP contribution in [0, 0.1) is 6.92 Å². The highest BCUT2D eigenvalue weighted by atomic mass is 35.5. The molecular weight excluding hydrogens is 599 g/mol. The average Bonchev–Trinajstić information content (AvgIpc) is 3.38. The molecule has 1 unspecified atom stereocenters. The molecule has 0 spiro atoms. The third kappa shape index (κ3) is 6.46. The number of anilines is 2. The first-order chi connectivity index (χ1) is 21.0. The Morgan fingerprint density at radius 1 is 0.932 bits per heavy atom. The summed E-state index contributed by atoms with van der Waals surface area (Å²) < 4.78 is 7.81. The van der Waals surface area contributed by atoms with Crippen molar-refractivity contribution in [2.24, 2.45) is 7.05 Å². The molecule has 224 valence electrons. The Labute approximate surface area is 265 Å². The summed E-state index contributed by atoms with van der Waals surface area (Å²) in [5.41, 5.74) is 4.66. The van der Waals surface area contributed by atoms with Crippen molar-refractivity contribution in [2.45, 2.75) is 33.3 Å². The molecule has 1 atom stereocenters. The summed E-state index contributed by atoms with van der Waals surface area (Å²) >= 11 is 13.2. The Bertz CT molecular complexity index is 1900. The number of para-hydroxylation sites is 1. The number of carbonyl (C=O) groups is 3. The number of hydrogen-bond donors (Lipinski definition) is 2. The van der Waals surface area contributed by atoms with Crippen LogP contribution in [0.15, 0.2) is 78.9 Å². The van der Waals surface area contributed by atoms with Crippen LogP contribution in [-0.4, -0.2) is 27.1 Å². The van der Waals surface area contributed by atoms with Crippen molar-refractivity contribution in [3.05, 3.63) is 117 Å². The zero-order chi connectivity index (χ0) is 31.5.